The molecule has 0 saturated carbocycles. The van der Waals surface area contributed by atoms with E-state index in [1.165, 1.54) is 0 Å². The molecule has 0 aliphatic heterocycles. The first-order valence-corrected chi connectivity index (χ1v) is 8.98. The Morgan fingerprint density at radius 2 is 2.04 bits per heavy atom. The lowest BCUT2D eigenvalue weighted by Crippen LogP contribution is -2.05. The monoisotopic (exact) mass is 416 g/mol. The molecule has 0 amide bonds. The number of H-pyrrole nitrogens is 1. The van der Waals surface area contributed by atoms with Crippen LogP contribution in [-0.4, -0.2) is 27.2 Å². The van der Waals surface area contributed by atoms with E-state index in [0.717, 1.165) is 21.3 Å². The number of hydrogen-bond acceptors (Lipinski definition) is 4. The van der Waals surface area contributed by atoms with E-state index in [1.807, 2.05) is 62.4 Å². The van der Waals surface area contributed by atoms with Crippen LogP contribution in [0.15, 0.2) is 58.1 Å². The van der Waals surface area contributed by atoms with Gasteiger partial charge in [-0.2, -0.15) is 14.9 Å². The molecule has 0 unspecified atom stereocenters. The van der Waals surface area contributed by atoms with Crippen LogP contribution in [0.25, 0.3) is 11.4 Å². The Hall–Kier alpha value is -2.25. The van der Waals surface area contributed by atoms with Gasteiger partial charge in [0.15, 0.2) is 5.82 Å². The predicted octanol–water partition coefficient (Wildman–Crippen LogP) is 5.04. The number of ether oxygens (including phenoxy) is 1. The van der Waals surface area contributed by atoms with Crippen LogP contribution in [-0.2, 0) is 0 Å². The van der Waals surface area contributed by atoms with Gasteiger partial charge in [0, 0.05) is 15.6 Å². The SMILES string of the molecule is CC(C)Oc1cccc(-c2n[nH]c(=S)n2/N=C\c2ccccc2Br)c1. The Bertz CT molecular complexity index is 961. The fraction of sp³-hybridized carbons (Fsp3) is 0.167. The summed E-state index contributed by atoms with van der Waals surface area (Å²) in [5, 5.41) is 11.6. The van der Waals surface area contributed by atoms with Crippen LogP contribution in [0.3, 0.4) is 0 Å². The van der Waals surface area contributed by atoms with Crippen molar-refractivity contribution in [2.24, 2.45) is 5.10 Å². The Morgan fingerprint density at radius 3 is 2.80 bits per heavy atom. The molecule has 0 saturated heterocycles. The van der Waals surface area contributed by atoms with Gasteiger partial charge in [0.2, 0.25) is 4.77 Å². The first-order valence-electron chi connectivity index (χ1n) is 7.78. The molecular weight excluding hydrogens is 400 g/mol. The predicted molar refractivity (Wildman–Crippen MR) is 106 cm³/mol. The summed E-state index contributed by atoms with van der Waals surface area (Å²) >= 11 is 8.82. The van der Waals surface area contributed by atoms with Crippen LogP contribution >= 0.6 is 28.1 Å². The van der Waals surface area contributed by atoms with Crippen molar-refractivity contribution in [2.75, 3.05) is 0 Å². The second-order valence-corrected chi connectivity index (χ2v) is 6.87. The molecule has 3 rings (SSSR count). The lowest BCUT2D eigenvalue weighted by molar-refractivity contribution is 0.242. The van der Waals surface area contributed by atoms with E-state index in [4.69, 9.17) is 17.0 Å². The number of nitrogens with zero attached hydrogens (tertiary/aromatic N) is 3. The number of hydrogen-bond donors (Lipinski definition) is 1. The molecule has 1 heterocycles. The maximum atomic E-state index is 5.75. The number of nitrogens with one attached hydrogen (secondary N) is 1. The van der Waals surface area contributed by atoms with Gasteiger partial charge in [-0.25, -0.2) is 5.10 Å². The van der Waals surface area contributed by atoms with Gasteiger partial charge in [0.1, 0.15) is 5.75 Å². The average Bonchev–Trinajstić information content (AvgIpc) is 2.95. The van der Waals surface area contributed by atoms with Gasteiger partial charge in [-0.15, -0.1) is 0 Å². The molecule has 0 atom stereocenters. The summed E-state index contributed by atoms with van der Waals surface area (Å²) in [6.45, 7) is 3.98. The number of rotatable bonds is 5. The van der Waals surface area contributed by atoms with Crippen molar-refractivity contribution >= 4 is 34.4 Å². The molecule has 0 fully saturated rings. The van der Waals surface area contributed by atoms with Crippen molar-refractivity contribution in [1.82, 2.24) is 14.9 Å². The van der Waals surface area contributed by atoms with E-state index in [-0.39, 0.29) is 6.10 Å². The normalized spacial score (nSPS) is 11.4. The Balaban J connectivity index is 1.98. The van der Waals surface area contributed by atoms with Crippen LogP contribution in [0.2, 0.25) is 0 Å². The van der Waals surface area contributed by atoms with Gasteiger partial charge < -0.3 is 4.74 Å². The highest BCUT2D eigenvalue weighted by molar-refractivity contribution is 9.10. The van der Waals surface area contributed by atoms with E-state index in [1.54, 1.807) is 10.9 Å². The van der Waals surface area contributed by atoms with Gasteiger partial charge in [0.25, 0.3) is 0 Å². The minimum Gasteiger partial charge on any atom is -0.491 e. The molecule has 25 heavy (non-hydrogen) atoms. The fourth-order valence-corrected chi connectivity index (χ4v) is 2.83. The third-order valence-electron chi connectivity index (χ3n) is 3.33. The topological polar surface area (TPSA) is 55.2 Å². The second-order valence-electron chi connectivity index (χ2n) is 5.62. The Kier molecular flexibility index (Phi) is 5.45. The van der Waals surface area contributed by atoms with Crippen LogP contribution < -0.4 is 4.74 Å². The van der Waals surface area contributed by atoms with Crippen molar-refractivity contribution in [1.29, 1.82) is 0 Å². The molecular formula is C18H17BrN4OS. The fourth-order valence-electron chi connectivity index (χ4n) is 2.27. The smallest absolute Gasteiger partial charge is 0.216 e. The van der Waals surface area contributed by atoms with E-state index in [9.17, 15) is 0 Å². The maximum Gasteiger partial charge on any atom is 0.216 e. The molecule has 0 radical (unpaired) electrons. The summed E-state index contributed by atoms with van der Waals surface area (Å²) < 4.78 is 8.74. The molecule has 7 heteroatoms. The number of benzene rings is 2. The first kappa shape index (κ1) is 17.6. The molecule has 128 valence electrons. The molecule has 0 spiro atoms. The summed E-state index contributed by atoms with van der Waals surface area (Å²) in [6.07, 6.45) is 1.84. The van der Waals surface area contributed by atoms with E-state index >= 15 is 0 Å². The quantitative estimate of drug-likeness (QED) is 0.468. The number of aromatic amines is 1. The van der Waals surface area contributed by atoms with E-state index < -0.39 is 0 Å². The van der Waals surface area contributed by atoms with Gasteiger partial charge in [-0.1, -0.05) is 46.3 Å². The van der Waals surface area contributed by atoms with Crippen LogP contribution in [0, 0.1) is 4.77 Å². The van der Waals surface area contributed by atoms with E-state index in [0.29, 0.717) is 10.6 Å². The molecule has 1 N–H and O–H groups in total. The highest BCUT2D eigenvalue weighted by Gasteiger charge is 2.10. The van der Waals surface area contributed by atoms with Gasteiger partial charge in [-0.3, -0.25) is 0 Å². The van der Waals surface area contributed by atoms with Crippen LogP contribution in [0.4, 0.5) is 0 Å². The maximum absolute atomic E-state index is 5.75. The summed E-state index contributed by atoms with van der Waals surface area (Å²) in [5.41, 5.74) is 1.82. The molecule has 0 bridgehead atoms. The highest BCUT2D eigenvalue weighted by Crippen LogP contribution is 2.23. The number of halogens is 1. The third kappa shape index (κ3) is 4.24. The zero-order valence-corrected chi connectivity index (χ0v) is 16.2. The van der Waals surface area contributed by atoms with Crippen molar-refractivity contribution in [3.63, 3.8) is 0 Å². The molecule has 2 aromatic carbocycles. The molecule has 0 aliphatic rings. The lowest BCUT2D eigenvalue weighted by atomic mass is 10.2. The van der Waals surface area contributed by atoms with Crippen LogP contribution in [0.5, 0.6) is 5.75 Å². The molecule has 1 aromatic heterocycles. The minimum absolute atomic E-state index is 0.101. The van der Waals surface area contributed by atoms with Gasteiger partial charge in [0.05, 0.1) is 12.3 Å². The number of aromatic nitrogens is 3. The van der Waals surface area contributed by atoms with Gasteiger partial charge in [-0.05, 0) is 44.3 Å². The molecule has 0 aliphatic carbocycles. The third-order valence-corrected chi connectivity index (χ3v) is 4.32. The van der Waals surface area contributed by atoms with Crippen molar-refractivity contribution in [3.05, 3.63) is 63.3 Å². The van der Waals surface area contributed by atoms with Crippen molar-refractivity contribution in [3.8, 4) is 17.1 Å². The minimum atomic E-state index is 0.101. The largest absolute Gasteiger partial charge is 0.491 e. The molecule has 5 nitrogen and oxygen atoms in total. The summed E-state index contributed by atoms with van der Waals surface area (Å²) in [7, 11) is 0. The lowest BCUT2D eigenvalue weighted by Gasteiger charge is -2.10. The summed E-state index contributed by atoms with van der Waals surface area (Å²) in [4.78, 5) is 0. The van der Waals surface area contributed by atoms with E-state index in [2.05, 4.69) is 31.2 Å². The summed E-state index contributed by atoms with van der Waals surface area (Å²) in [6, 6.07) is 15.5. The van der Waals surface area contributed by atoms with Crippen molar-refractivity contribution < 1.29 is 4.74 Å². The average molecular weight is 417 g/mol. The standard InChI is InChI=1S/C18H17BrN4OS/c1-12(2)24-15-8-5-7-13(10-15)17-21-22-18(25)23(17)20-11-14-6-3-4-9-16(14)19/h3-12H,1-2H3,(H,22,25)/b20-11-. The molecule has 3 aromatic rings. The zero-order valence-electron chi connectivity index (χ0n) is 13.8. The highest BCUT2D eigenvalue weighted by atomic mass is 79.9. The second kappa shape index (κ2) is 7.76. The van der Waals surface area contributed by atoms with Gasteiger partial charge >= 0.3 is 0 Å². The first-order chi connectivity index (χ1) is 12.0. The Labute approximate surface area is 159 Å². The van der Waals surface area contributed by atoms with Crippen molar-refractivity contribution in [2.45, 2.75) is 20.0 Å². The van der Waals surface area contributed by atoms with Crippen LogP contribution in [0.1, 0.15) is 19.4 Å². The Morgan fingerprint density at radius 1 is 1.24 bits per heavy atom. The summed E-state index contributed by atoms with van der Waals surface area (Å²) in [5.74, 6) is 1.41. The zero-order chi connectivity index (χ0) is 17.8.